The Labute approximate surface area is 112 Å². The van der Waals surface area contributed by atoms with Crippen LogP contribution in [0.15, 0.2) is 18.5 Å². The van der Waals surface area contributed by atoms with Gasteiger partial charge in [-0.25, -0.2) is 4.98 Å². The van der Waals surface area contributed by atoms with Crippen LogP contribution in [0, 0.1) is 12.8 Å². The van der Waals surface area contributed by atoms with E-state index in [1.165, 1.54) is 31.5 Å². The Balaban J connectivity index is 1.66. The number of fused-ring (bicyclic) bond motifs is 4. The molecule has 1 N–H and O–H groups in total. The molecule has 5 nitrogen and oxygen atoms in total. The van der Waals surface area contributed by atoms with Gasteiger partial charge < -0.3 is 10.2 Å². The van der Waals surface area contributed by atoms with Gasteiger partial charge in [-0.2, -0.15) is 9.61 Å². The largest absolute Gasteiger partial charge is 0.366 e. The number of aryl methyl sites for hydroxylation is 1. The molecule has 5 heteroatoms. The van der Waals surface area contributed by atoms with Gasteiger partial charge in [-0.1, -0.05) is 0 Å². The highest BCUT2D eigenvalue weighted by Crippen LogP contribution is 2.29. The van der Waals surface area contributed by atoms with E-state index in [1.807, 2.05) is 4.52 Å². The van der Waals surface area contributed by atoms with Gasteiger partial charge in [-0.15, -0.1) is 0 Å². The SMILES string of the molecule is Cc1cc(NC2CN3CCC2CC3)n2ncnc2c1. The third-order valence-electron chi connectivity index (χ3n) is 4.51. The molecular weight excluding hydrogens is 238 g/mol. The van der Waals surface area contributed by atoms with Crippen LogP contribution in [0.1, 0.15) is 18.4 Å². The maximum Gasteiger partial charge on any atom is 0.157 e. The number of pyridine rings is 1. The number of piperidine rings is 3. The van der Waals surface area contributed by atoms with Crippen molar-refractivity contribution in [2.45, 2.75) is 25.8 Å². The van der Waals surface area contributed by atoms with Gasteiger partial charge in [0.15, 0.2) is 5.65 Å². The molecule has 0 radical (unpaired) electrons. The predicted octanol–water partition coefficient (Wildman–Crippen LogP) is 1.54. The summed E-state index contributed by atoms with van der Waals surface area (Å²) in [6, 6.07) is 4.78. The smallest absolute Gasteiger partial charge is 0.157 e. The second-order valence-corrected chi connectivity index (χ2v) is 5.84. The van der Waals surface area contributed by atoms with Crippen LogP contribution in [0.25, 0.3) is 5.65 Å². The fourth-order valence-corrected chi connectivity index (χ4v) is 3.48. The molecule has 3 saturated heterocycles. The van der Waals surface area contributed by atoms with Gasteiger partial charge in [0, 0.05) is 12.6 Å². The highest BCUT2D eigenvalue weighted by atomic mass is 15.3. The molecule has 5 rings (SSSR count). The molecule has 1 atom stereocenters. The predicted molar refractivity (Wildman–Crippen MR) is 74.3 cm³/mol. The van der Waals surface area contributed by atoms with Gasteiger partial charge in [-0.3, -0.25) is 0 Å². The van der Waals surface area contributed by atoms with E-state index in [1.54, 1.807) is 6.33 Å². The minimum atomic E-state index is 0.553. The van der Waals surface area contributed by atoms with Crippen molar-refractivity contribution < 1.29 is 0 Å². The van der Waals surface area contributed by atoms with E-state index in [0.717, 1.165) is 23.9 Å². The molecule has 100 valence electrons. The summed E-state index contributed by atoms with van der Waals surface area (Å²) in [5, 5.41) is 8.02. The number of nitrogens with one attached hydrogen (secondary N) is 1. The highest BCUT2D eigenvalue weighted by Gasteiger charge is 2.34. The van der Waals surface area contributed by atoms with Crippen molar-refractivity contribution >= 4 is 11.5 Å². The monoisotopic (exact) mass is 257 g/mol. The van der Waals surface area contributed by atoms with Crippen LogP contribution in [-0.4, -0.2) is 45.2 Å². The molecule has 2 aromatic rings. The quantitative estimate of drug-likeness (QED) is 0.886. The van der Waals surface area contributed by atoms with Crippen molar-refractivity contribution in [2.24, 2.45) is 5.92 Å². The zero-order chi connectivity index (χ0) is 12.8. The first kappa shape index (κ1) is 11.2. The van der Waals surface area contributed by atoms with Gasteiger partial charge in [0.1, 0.15) is 12.1 Å². The molecule has 3 fully saturated rings. The number of nitrogens with zero attached hydrogens (tertiary/aromatic N) is 4. The Morgan fingerprint density at radius 1 is 1.26 bits per heavy atom. The topological polar surface area (TPSA) is 45.5 Å². The fraction of sp³-hybridized carbons (Fsp3) is 0.571. The van der Waals surface area contributed by atoms with Crippen LogP contribution in [-0.2, 0) is 0 Å². The van der Waals surface area contributed by atoms with Gasteiger partial charge >= 0.3 is 0 Å². The van der Waals surface area contributed by atoms with E-state index >= 15 is 0 Å². The molecule has 19 heavy (non-hydrogen) atoms. The molecule has 1 unspecified atom stereocenters. The normalized spacial score (nSPS) is 29.8. The Bertz CT molecular complexity index is 597. The lowest BCUT2D eigenvalue weighted by Crippen LogP contribution is -2.53. The third-order valence-corrected chi connectivity index (χ3v) is 4.51. The Morgan fingerprint density at radius 2 is 2.11 bits per heavy atom. The first-order valence-electron chi connectivity index (χ1n) is 7.09. The van der Waals surface area contributed by atoms with E-state index < -0.39 is 0 Å². The zero-order valence-corrected chi connectivity index (χ0v) is 11.2. The molecule has 2 bridgehead atoms. The molecule has 2 aromatic heterocycles. The lowest BCUT2D eigenvalue weighted by molar-refractivity contribution is 0.0973. The summed E-state index contributed by atoms with van der Waals surface area (Å²) in [5.74, 6) is 1.88. The second-order valence-electron chi connectivity index (χ2n) is 5.84. The maximum absolute atomic E-state index is 4.32. The fourth-order valence-electron chi connectivity index (χ4n) is 3.48. The summed E-state index contributed by atoms with van der Waals surface area (Å²) in [4.78, 5) is 6.84. The molecule has 0 aromatic carbocycles. The summed E-state index contributed by atoms with van der Waals surface area (Å²) in [5.41, 5.74) is 2.15. The number of anilines is 1. The third kappa shape index (κ3) is 1.89. The van der Waals surface area contributed by atoms with Crippen LogP contribution >= 0.6 is 0 Å². The van der Waals surface area contributed by atoms with Gasteiger partial charge in [0.05, 0.1) is 0 Å². The van der Waals surface area contributed by atoms with E-state index in [-0.39, 0.29) is 0 Å². The molecule has 3 aliphatic heterocycles. The number of aromatic nitrogens is 3. The van der Waals surface area contributed by atoms with Gasteiger partial charge in [0.25, 0.3) is 0 Å². The molecule has 0 amide bonds. The van der Waals surface area contributed by atoms with Crippen LogP contribution in [0.5, 0.6) is 0 Å². The van der Waals surface area contributed by atoms with E-state index in [4.69, 9.17) is 0 Å². The van der Waals surface area contributed by atoms with Crippen molar-refractivity contribution in [3.05, 3.63) is 24.0 Å². The van der Waals surface area contributed by atoms with Crippen molar-refractivity contribution in [3.8, 4) is 0 Å². The van der Waals surface area contributed by atoms with Crippen LogP contribution in [0.4, 0.5) is 5.82 Å². The Kier molecular flexibility index (Phi) is 2.48. The summed E-state index contributed by atoms with van der Waals surface area (Å²) < 4.78 is 1.91. The lowest BCUT2D eigenvalue weighted by atomic mass is 9.84. The number of hydrogen-bond donors (Lipinski definition) is 1. The Morgan fingerprint density at radius 3 is 2.84 bits per heavy atom. The Hall–Kier alpha value is -1.62. The number of hydrogen-bond acceptors (Lipinski definition) is 4. The van der Waals surface area contributed by atoms with E-state index in [2.05, 4.69) is 39.4 Å². The molecule has 0 aliphatic carbocycles. The van der Waals surface area contributed by atoms with Crippen LogP contribution in [0.3, 0.4) is 0 Å². The standard InChI is InChI=1S/C14H19N5/c1-10-6-13-15-9-16-19(13)14(7-10)17-12-8-18-4-2-11(12)3-5-18/h6-7,9,11-12,17H,2-5,8H2,1H3. The van der Waals surface area contributed by atoms with Crippen molar-refractivity contribution in [2.75, 3.05) is 25.0 Å². The summed E-state index contributed by atoms with van der Waals surface area (Å²) in [6.07, 6.45) is 4.27. The first-order chi connectivity index (χ1) is 9.29. The minimum Gasteiger partial charge on any atom is -0.366 e. The maximum atomic E-state index is 4.32. The van der Waals surface area contributed by atoms with Crippen molar-refractivity contribution in [1.82, 2.24) is 19.5 Å². The number of rotatable bonds is 2. The average molecular weight is 257 g/mol. The van der Waals surface area contributed by atoms with E-state index in [0.29, 0.717) is 6.04 Å². The molecule has 0 saturated carbocycles. The van der Waals surface area contributed by atoms with E-state index in [9.17, 15) is 0 Å². The van der Waals surface area contributed by atoms with Crippen LogP contribution in [0.2, 0.25) is 0 Å². The zero-order valence-electron chi connectivity index (χ0n) is 11.2. The van der Waals surface area contributed by atoms with Crippen molar-refractivity contribution in [3.63, 3.8) is 0 Å². The molecule has 0 spiro atoms. The second kappa shape index (κ2) is 4.20. The van der Waals surface area contributed by atoms with Gasteiger partial charge in [-0.05, 0) is 56.5 Å². The molecular formula is C14H19N5. The minimum absolute atomic E-state index is 0.553. The summed E-state index contributed by atoms with van der Waals surface area (Å²) >= 11 is 0. The summed E-state index contributed by atoms with van der Waals surface area (Å²) in [7, 11) is 0. The molecule has 3 aliphatic rings. The lowest BCUT2D eigenvalue weighted by Gasteiger charge is -2.45. The summed E-state index contributed by atoms with van der Waals surface area (Å²) in [6.45, 7) is 5.82. The highest BCUT2D eigenvalue weighted by molar-refractivity contribution is 5.51. The van der Waals surface area contributed by atoms with Gasteiger partial charge in [0.2, 0.25) is 0 Å². The molecule has 5 heterocycles. The van der Waals surface area contributed by atoms with Crippen molar-refractivity contribution in [1.29, 1.82) is 0 Å². The average Bonchev–Trinajstić information content (AvgIpc) is 2.88. The first-order valence-corrected chi connectivity index (χ1v) is 7.09. The van der Waals surface area contributed by atoms with Crippen LogP contribution < -0.4 is 5.32 Å².